The van der Waals surface area contributed by atoms with Crippen LogP contribution in [0.25, 0.3) is 5.69 Å². The average molecular weight is 274 g/mol. The van der Waals surface area contributed by atoms with Gasteiger partial charge in [-0.1, -0.05) is 6.92 Å². The maximum atomic E-state index is 11.9. The van der Waals surface area contributed by atoms with E-state index in [2.05, 4.69) is 15.4 Å². The molecule has 20 heavy (non-hydrogen) atoms. The smallest absolute Gasteiger partial charge is 0.251 e. The lowest BCUT2D eigenvalue weighted by Crippen LogP contribution is -2.26. The van der Waals surface area contributed by atoms with Crippen molar-refractivity contribution in [2.24, 2.45) is 0 Å². The number of benzene rings is 1. The molecule has 0 saturated heterocycles. The second-order valence-electron chi connectivity index (χ2n) is 4.49. The molecule has 0 fully saturated rings. The number of aromatic nitrogens is 3. The van der Waals surface area contributed by atoms with Gasteiger partial charge in [-0.05, 0) is 37.1 Å². The Hall–Kier alpha value is -2.21. The van der Waals surface area contributed by atoms with Gasteiger partial charge in [0.2, 0.25) is 0 Å². The summed E-state index contributed by atoms with van der Waals surface area (Å²) in [5.74, 6) is -0.140. The first-order chi connectivity index (χ1) is 9.70. The van der Waals surface area contributed by atoms with Crippen molar-refractivity contribution in [2.75, 3.05) is 6.54 Å². The zero-order valence-corrected chi connectivity index (χ0v) is 11.4. The molecule has 0 radical (unpaired) electrons. The predicted molar refractivity (Wildman–Crippen MR) is 74.6 cm³/mol. The Morgan fingerprint density at radius 2 is 2.15 bits per heavy atom. The van der Waals surface area contributed by atoms with Gasteiger partial charge in [0, 0.05) is 12.1 Å². The molecule has 1 aromatic carbocycles. The van der Waals surface area contributed by atoms with E-state index in [4.69, 9.17) is 0 Å². The SMILES string of the molecule is CCC(O)CCNC(=O)c1ccc(-n2cncn2)cc1. The van der Waals surface area contributed by atoms with Crippen molar-refractivity contribution in [1.82, 2.24) is 20.1 Å². The third kappa shape index (κ3) is 3.64. The van der Waals surface area contributed by atoms with Crippen LogP contribution in [0.2, 0.25) is 0 Å². The topological polar surface area (TPSA) is 80.0 Å². The summed E-state index contributed by atoms with van der Waals surface area (Å²) in [5.41, 5.74) is 1.43. The Morgan fingerprint density at radius 1 is 1.40 bits per heavy atom. The van der Waals surface area contributed by atoms with Gasteiger partial charge in [-0.15, -0.1) is 0 Å². The fourth-order valence-electron chi connectivity index (χ4n) is 1.77. The van der Waals surface area contributed by atoms with Gasteiger partial charge in [0.1, 0.15) is 12.7 Å². The minimum Gasteiger partial charge on any atom is -0.393 e. The molecule has 0 saturated carbocycles. The third-order valence-corrected chi connectivity index (χ3v) is 3.05. The van der Waals surface area contributed by atoms with Crippen LogP contribution < -0.4 is 5.32 Å². The van der Waals surface area contributed by atoms with Gasteiger partial charge >= 0.3 is 0 Å². The number of aliphatic hydroxyl groups is 1. The normalized spacial score (nSPS) is 12.1. The molecule has 0 aliphatic rings. The molecule has 2 N–H and O–H groups in total. The molecule has 6 nitrogen and oxygen atoms in total. The van der Waals surface area contributed by atoms with Gasteiger partial charge in [-0.2, -0.15) is 5.10 Å². The second kappa shape index (κ2) is 6.81. The molecule has 1 amide bonds. The van der Waals surface area contributed by atoms with E-state index in [1.165, 1.54) is 6.33 Å². The minimum atomic E-state index is -0.356. The van der Waals surface area contributed by atoms with Crippen molar-refractivity contribution in [1.29, 1.82) is 0 Å². The van der Waals surface area contributed by atoms with Crippen LogP contribution in [0.3, 0.4) is 0 Å². The summed E-state index contributed by atoms with van der Waals surface area (Å²) in [6.45, 7) is 2.38. The monoisotopic (exact) mass is 274 g/mol. The number of hydrogen-bond donors (Lipinski definition) is 2. The van der Waals surface area contributed by atoms with E-state index >= 15 is 0 Å². The fourth-order valence-corrected chi connectivity index (χ4v) is 1.77. The lowest BCUT2D eigenvalue weighted by molar-refractivity contribution is 0.0942. The van der Waals surface area contributed by atoms with Crippen LogP contribution in [-0.2, 0) is 0 Å². The highest BCUT2D eigenvalue weighted by atomic mass is 16.3. The van der Waals surface area contributed by atoms with Crippen LogP contribution in [0.4, 0.5) is 0 Å². The number of amides is 1. The van der Waals surface area contributed by atoms with Crippen LogP contribution in [-0.4, -0.2) is 38.4 Å². The molecule has 2 aromatic rings. The summed E-state index contributed by atoms with van der Waals surface area (Å²) in [6.07, 6.45) is 3.97. The Labute approximate surface area is 117 Å². The molecule has 0 aliphatic carbocycles. The van der Waals surface area contributed by atoms with Crippen molar-refractivity contribution in [3.63, 3.8) is 0 Å². The van der Waals surface area contributed by atoms with Gasteiger partial charge < -0.3 is 10.4 Å². The Balaban J connectivity index is 1.91. The van der Waals surface area contributed by atoms with Crippen LogP contribution in [0.5, 0.6) is 0 Å². The number of aliphatic hydroxyl groups excluding tert-OH is 1. The molecule has 1 heterocycles. The van der Waals surface area contributed by atoms with Gasteiger partial charge in [0.05, 0.1) is 11.8 Å². The van der Waals surface area contributed by atoms with E-state index in [0.717, 1.165) is 5.69 Å². The highest BCUT2D eigenvalue weighted by molar-refractivity contribution is 5.94. The number of carbonyl (C=O) groups excluding carboxylic acids is 1. The second-order valence-corrected chi connectivity index (χ2v) is 4.49. The quantitative estimate of drug-likeness (QED) is 0.828. The molecule has 0 spiro atoms. The first-order valence-corrected chi connectivity index (χ1v) is 6.62. The van der Waals surface area contributed by atoms with E-state index in [0.29, 0.717) is 24.9 Å². The lowest BCUT2D eigenvalue weighted by atomic mass is 10.1. The molecule has 0 bridgehead atoms. The van der Waals surface area contributed by atoms with Crippen molar-refractivity contribution < 1.29 is 9.90 Å². The summed E-state index contributed by atoms with van der Waals surface area (Å²) >= 11 is 0. The van der Waals surface area contributed by atoms with Crippen molar-refractivity contribution in [3.8, 4) is 5.69 Å². The zero-order valence-electron chi connectivity index (χ0n) is 11.4. The number of hydrogen-bond acceptors (Lipinski definition) is 4. The molecule has 1 aromatic heterocycles. The molecule has 106 valence electrons. The Bertz CT molecular complexity index is 537. The predicted octanol–water partition coefficient (Wildman–Crippen LogP) is 1.16. The number of carbonyl (C=O) groups is 1. The number of rotatable bonds is 6. The largest absolute Gasteiger partial charge is 0.393 e. The maximum absolute atomic E-state index is 11.9. The summed E-state index contributed by atoms with van der Waals surface area (Å²) < 4.78 is 1.62. The van der Waals surface area contributed by atoms with Crippen molar-refractivity contribution >= 4 is 5.91 Å². The van der Waals surface area contributed by atoms with Crippen LogP contribution >= 0.6 is 0 Å². The van der Waals surface area contributed by atoms with E-state index in [-0.39, 0.29) is 12.0 Å². The molecular weight excluding hydrogens is 256 g/mol. The summed E-state index contributed by atoms with van der Waals surface area (Å²) in [6, 6.07) is 7.10. The molecule has 1 atom stereocenters. The summed E-state index contributed by atoms with van der Waals surface area (Å²) in [5, 5.41) is 16.2. The lowest BCUT2D eigenvalue weighted by Gasteiger charge is -2.09. The zero-order chi connectivity index (χ0) is 14.4. The molecule has 1 unspecified atom stereocenters. The van der Waals surface area contributed by atoms with Crippen molar-refractivity contribution in [2.45, 2.75) is 25.9 Å². The molecular formula is C14H18N4O2. The van der Waals surface area contributed by atoms with E-state index in [9.17, 15) is 9.90 Å². The highest BCUT2D eigenvalue weighted by Crippen LogP contribution is 2.08. The standard InChI is InChI=1S/C14H18N4O2/c1-2-13(19)7-8-16-14(20)11-3-5-12(6-4-11)18-10-15-9-17-18/h3-6,9-10,13,19H,2,7-8H2,1H3,(H,16,20). The van der Waals surface area contributed by atoms with Crippen LogP contribution in [0.15, 0.2) is 36.9 Å². The molecule has 0 aliphatic heterocycles. The van der Waals surface area contributed by atoms with E-state index < -0.39 is 0 Å². The van der Waals surface area contributed by atoms with Gasteiger partial charge in [0.25, 0.3) is 5.91 Å². The maximum Gasteiger partial charge on any atom is 0.251 e. The van der Waals surface area contributed by atoms with E-state index in [1.54, 1.807) is 23.1 Å². The molecule has 2 rings (SSSR count). The van der Waals surface area contributed by atoms with Gasteiger partial charge in [0.15, 0.2) is 0 Å². The first-order valence-electron chi connectivity index (χ1n) is 6.62. The van der Waals surface area contributed by atoms with Gasteiger partial charge in [-0.3, -0.25) is 4.79 Å². The van der Waals surface area contributed by atoms with Crippen LogP contribution in [0, 0.1) is 0 Å². The minimum absolute atomic E-state index is 0.140. The Morgan fingerprint density at radius 3 is 2.75 bits per heavy atom. The highest BCUT2D eigenvalue weighted by Gasteiger charge is 2.07. The fraction of sp³-hybridized carbons (Fsp3) is 0.357. The number of nitrogens with one attached hydrogen (secondary N) is 1. The average Bonchev–Trinajstić information content (AvgIpc) is 3.01. The van der Waals surface area contributed by atoms with Crippen LogP contribution in [0.1, 0.15) is 30.1 Å². The van der Waals surface area contributed by atoms with Crippen molar-refractivity contribution in [3.05, 3.63) is 42.5 Å². The summed E-state index contributed by atoms with van der Waals surface area (Å²) in [4.78, 5) is 15.8. The molecule has 6 heteroatoms. The Kier molecular flexibility index (Phi) is 4.84. The number of nitrogens with zero attached hydrogens (tertiary/aromatic N) is 3. The third-order valence-electron chi connectivity index (χ3n) is 3.05. The van der Waals surface area contributed by atoms with E-state index in [1.807, 2.05) is 19.1 Å². The summed E-state index contributed by atoms with van der Waals surface area (Å²) in [7, 11) is 0. The first kappa shape index (κ1) is 14.2. The van der Waals surface area contributed by atoms with Gasteiger partial charge in [-0.25, -0.2) is 9.67 Å².